The first-order valence-electron chi connectivity index (χ1n) is 5.92. The van der Waals surface area contributed by atoms with E-state index in [2.05, 4.69) is 5.32 Å². The van der Waals surface area contributed by atoms with Crippen LogP contribution in [-0.2, 0) is 20.7 Å². The molecule has 0 aliphatic carbocycles. The zero-order valence-corrected chi connectivity index (χ0v) is 10.7. The molecule has 0 saturated carbocycles. The molecule has 1 atom stereocenters. The SMILES string of the molecule is CCOC(=O)C(O)c1cc2c(c(OC)c1)NC(=O)C2. The average molecular weight is 265 g/mol. The first kappa shape index (κ1) is 13.4. The van der Waals surface area contributed by atoms with Crippen LogP contribution in [0.5, 0.6) is 5.75 Å². The van der Waals surface area contributed by atoms with Gasteiger partial charge in [0.05, 0.1) is 25.8 Å². The molecule has 102 valence electrons. The largest absolute Gasteiger partial charge is 0.495 e. The number of rotatable bonds is 4. The van der Waals surface area contributed by atoms with Crippen LogP contribution in [0, 0.1) is 0 Å². The van der Waals surface area contributed by atoms with Crippen molar-refractivity contribution in [2.24, 2.45) is 0 Å². The molecule has 2 rings (SSSR count). The molecule has 0 saturated heterocycles. The molecule has 1 aliphatic rings. The van der Waals surface area contributed by atoms with Crippen LogP contribution in [0.3, 0.4) is 0 Å². The van der Waals surface area contributed by atoms with Crippen LogP contribution in [0.1, 0.15) is 24.2 Å². The second kappa shape index (κ2) is 5.27. The summed E-state index contributed by atoms with van der Waals surface area (Å²) in [7, 11) is 1.46. The summed E-state index contributed by atoms with van der Waals surface area (Å²) in [4.78, 5) is 22.9. The quantitative estimate of drug-likeness (QED) is 0.786. The number of nitrogens with one attached hydrogen (secondary N) is 1. The Bertz CT molecular complexity index is 526. The van der Waals surface area contributed by atoms with Gasteiger partial charge in [0.2, 0.25) is 5.91 Å². The number of anilines is 1. The van der Waals surface area contributed by atoms with Crippen molar-refractivity contribution in [1.29, 1.82) is 0 Å². The number of carbonyl (C=O) groups is 2. The van der Waals surface area contributed by atoms with Crippen LogP contribution in [-0.4, -0.2) is 30.7 Å². The number of esters is 1. The first-order valence-corrected chi connectivity index (χ1v) is 5.92. The highest BCUT2D eigenvalue weighted by atomic mass is 16.5. The Labute approximate surface area is 110 Å². The molecule has 1 aromatic rings. The summed E-state index contributed by atoms with van der Waals surface area (Å²) < 4.78 is 9.92. The molecule has 19 heavy (non-hydrogen) atoms. The summed E-state index contributed by atoms with van der Waals surface area (Å²) in [6, 6.07) is 3.13. The molecule has 6 nitrogen and oxygen atoms in total. The molecule has 6 heteroatoms. The molecule has 1 aromatic carbocycles. The zero-order chi connectivity index (χ0) is 14.0. The topological polar surface area (TPSA) is 84.9 Å². The average Bonchev–Trinajstić information content (AvgIpc) is 2.77. The fourth-order valence-corrected chi connectivity index (χ4v) is 2.01. The zero-order valence-electron chi connectivity index (χ0n) is 10.7. The lowest BCUT2D eigenvalue weighted by Crippen LogP contribution is -2.15. The van der Waals surface area contributed by atoms with Crippen molar-refractivity contribution >= 4 is 17.6 Å². The van der Waals surface area contributed by atoms with Crippen molar-refractivity contribution in [3.8, 4) is 5.75 Å². The molecule has 1 amide bonds. The van der Waals surface area contributed by atoms with Crippen molar-refractivity contribution in [3.05, 3.63) is 23.3 Å². The number of aliphatic hydroxyl groups is 1. The summed E-state index contributed by atoms with van der Waals surface area (Å²) in [5.41, 5.74) is 1.64. The van der Waals surface area contributed by atoms with Gasteiger partial charge >= 0.3 is 5.97 Å². The highest BCUT2D eigenvalue weighted by molar-refractivity contribution is 6.01. The molecule has 0 spiro atoms. The Morgan fingerprint density at radius 2 is 2.26 bits per heavy atom. The minimum absolute atomic E-state index is 0.143. The first-order chi connectivity index (χ1) is 9.06. The van der Waals surface area contributed by atoms with Gasteiger partial charge in [0.25, 0.3) is 0 Å². The van der Waals surface area contributed by atoms with Gasteiger partial charge < -0.3 is 19.9 Å². The van der Waals surface area contributed by atoms with Crippen LogP contribution < -0.4 is 10.1 Å². The minimum atomic E-state index is -1.38. The van der Waals surface area contributed by atoms with E-state index in [0.717, 1.165) is 0 Å². The number of amides is 1. The van der Waals surface area contributed by atoms with Crippen LogP contribution >= 0.6 is 0 Å². The van der Waals surface area contributed by atoms with Crippen molar-refractivity contribution in [3.63, 3.8) is 0 Å². The molecule has 0 bridgehead atoms. The summed E-state index contributed by atoms with van der Waals surface area (Å²) in [5.74, 6) is -0.445. The van der Waals surface area contributed by atoms with Crippen molar-refractivity contribution in [1.82, 2.24) is 0 Å². The molecule has 1 heterocycles. The van der Waals surface area contributed by atoms with Gasteiger partial charge in [-0.2, -0.15) is 0 Å². The Morgan fingerprint density at radius 1 is 1.53 bits per heavy atom. The van der Waals surface area contributed by atoms with E-state index in [1.807, 2.05) is 0 Å². The smallest absolute Gasteiger partial charge is 0.339 e. The summed E-state index contributed by atoms with van der Waals surface area (Å²) >= 11 is 0. The molecular formula is C13H15NO5. The van der Waals surface area contributed by atoms with E-state index in [9.17, 15) is 14.7 Å². The van der Waals surface area contributed by atoms with E-state index >= 15 is 0 Å². The van der Waals surface area contributed by atoms with Gasteiger partial charge in [0.1, 0.15) is 5.75 Å². The Balaban J connectivity index is 2.36. The third-order valence-corrected chi connectivity index (χ3v) is 2.87. The molecule has 1 unspecified atom stereocenters. The molecule has 1 aliphatic heterocycles. The molecule has 0 fully saturated rings. The van der Waals surface area contributed by atoms with E-state index in [-0.39, 0.29) is 18.9 Å². The van der Waals surface area contributed by atoms with E-state index in [4.69, 9.17) is 9.47 Å². The molecular weight excluding hydrogens is 250 g/mol. The fraction of sp³-hybridized carbons (Fsp3) is 0.385. The van der Waals surface area contributed by atoms with Gasteiger partial charge in [-0.15, -0.1) is 0 Å². The van der Waals surface area contributed by atoms with Crippen molar-refractivity contribution in [2.75, 3.05) is 19.0 Å². The van der Waals surface area contributed by atoms with Crippen LogP contribution in [0.25, 0.3) is 0 Å². The summed E-state index contributed by atoms with van der Waals surface area (Å²) in [5, 5.41) is 12.6. The van der Waals surface area contributed by atoms with Gasteiger partial charge in [-0.1, -0.05) is 0 Å². The highest BCUT2D eigenvalue weighted by Crippen LogP contribution is 2.36. The van der Waals surface area contributed by atoms with E-state index in [1.54, 1.807) is 13.0 Å². The number of benzene rings is 1. The highest BCUT2D eigenvalue weighted by Gasteiger charge is 2.26. The van der Waals surface area contributed by atoms with Crippen LogP contribution in [0.4, 0.5) is 5.69 Å². The van der Waals surface area contributed by atoms with Gasteiger partial charge in [-0.3, -0.25) is 4.79 Å². The predicted molar refractivity (Wildman–Crippen MR) is 66.9 cm³/mol. The number of ether oxygens (including phenoxy) is 2. The maximum atomic E-state index is 11.5. The molecule has 0 radical (unpaired) electrons. The summed E-state index contributed by atoms with van der Waals surface area (Å²) in [6.45, 7) is 1.86. The van der Waals surface area contributed by atoms with Gasteiger partial charge in [-0.25, -0.2) is 4.79 Å². The minimum Gasteiger partial charge on any atom is -0.495 e. The molecule has 0 aromatic heterocycles. The van der Waals surface area contributed by atoms with Crippen LogP contribution in [0.15, 0.2) is 12.1 Å². The predicted octanol–water partition coefficient (Wildman–Crippen LogP) is 0.786. The van der Waals surface area contributed by atoms with E-state index < -0.39 is 12.1 Å². The van der Waals surface area contributed by atoms with Crippen LogP contribution in [0.2, 0.25) is 0 Å². The molecule has 2 N–H and O–H groups in total. The normalized spacial score (nSPS) is 14.6. The van der Waals surface area contributed by atoms with E-state index in [1.165, 1.54) is 13.2 Å². The number of aliphatic hydroxyl groups excluding tert-OH is 1. The lowest BCUT2D eigenvalue weighted by atomic mass is 10.0. The number of carbonyl (C=O) groups excluding carboxylic acids is 2. The second-order valence-electron chi connectivity index (χ2n) is 4.14. The Hall–Kier alpha value is -2.08. The second-order valence-corrected chi connectivity index (χ2v) is 4.14. The fourth-order valence-electron chi connectivity index (χ4n) is 2.01. The monoisotopic (exact) mass is 265 g/mol. The van der Waals surface area contributed by atoms with Gasteiger partial charge in [0, 0.05) is 0 Å². The standard InChI is InChI=1S/C13H15NO5/c1-3-19-13(17)12(16)8-4-7-6-10(15)14-11(7)9(5-8)18-2/h4-5,12,16H,3,6H2,1-2H3,(H,14,15). The lowest BCUT2D eigenvalue weighted by molar-refractivity contribution is -0.153. The Kier molecular flexibility index (Phi) is 3.71. The maximum absolute atomic E-state index is 11.5. The summed E-state index contributed by atoms with van der Waals surface area (Å²) in [6.07, 6.45) is -1.18. The number of fused-ring (bicyclic) bond motifs is 1. The third kappa shape index (κ3) is 2.53. The lowest BCUT2D eigenvalue weighted by Gasteiger charge is -2.14. The van der Waals surface area contributed by atoms with Gasteiger partial charge in [0.15, 0.2) is 6.10 Å². The van der Waals surface area contributed by atoms with Crippen molar-refractivity contribution < 1.29 is 24.2 Å². The number of hydrogen-bond acceptors (Lipinski definition) is 5. The number of hydrogen-bond donors (Lipinski definition) is 2. The number of methoxy groups -OCH3 is 1. The maximum Gasteiger partial charge on any atom is 0.339 e. The van der Waals surface area contributed by atoms with Crippen molar-refractivity contribution in [2.45, 2.75) is 19.4 Å². The van der Waals surface area contributed by atoms with Gasteiger partial charge in [-0.05, 0) is 30.2 Å². The third-order valence-electron chi connectivity index (χ3n) is 2.87. The van der Waals surface area contributed by atoms with E-state index in [0.29, 0.717) is 22.6 Å². The Morgan fingerprint density at radius 3 is 2.89 bits per heavy atom.